The molecule has 0 saturated carbocycles. The summed E-state index contributed by atoms with van der Waals surface area (Å²) in [5.41, 5.74) is 0.137. The third-order valence-electron chi connectivity index (χ3n) is 4.97. The maximum atomic E-state index is 12.9. The van der Waals surface area contributed by atoms with Crippen molar-refractivity contribution < 1.29 is 28.6 Å². The molecule has 0 radical (unpaired) electrons. The monoisotopic (exact) mass is 419 g/mol. The minimum atomic E-state index is -1.17. The SMILES string of the molecule is CCOC(=O)C(C(=O)OCC)C(c1ccccc1)C1CCCN1C(=O)OC(C)(C)C. The van der Waals surface area contributed by atoms with Gasteiger partial charge in [-0.05, 0) is 53.0 Å². The second-order valence-electron chi connectivity index (χ2n) is 8.30. The summed E-state index contributed by atoms with van der Waals surface area (Å²) in [5.74, 6) is -3.04. The lowest BCUT2D eigenvalue weighted by Gasteiger charge is -2.35. The molecule has 30 heavy (non-hydrogen) atoms. The van der Waals surface area contributed by atoms with E-state index in [9.17, 15) is 14.4 Å². The molecule has 1 aliphatic rings. The van der Waals surface area contributed by atoms with E-state index in [-0.39, 0.29) is 19.3 Å². The van der Waals surface area contributed by atoms with E-state index in [0.717, 1.165) is 12.0 Å². The molecule has 0 aromatic heterocycles. The Balaban J connectivity index is 2.49. The Hall–Kier alpha value is -2.57. The van der Waals surface area contributed by atoms with Crippen LogP contribution in [0.1, 0.15) is 58.9 Å². The second-order valence-corrected chi connectivity index (χ2v) is 8.30. The van der Waals surface area contributed by atoms with Gasteiger partial charge in [-0.1, -0.05) is 30.3 Å². The van der Waals surface area contributed by atoms with E-state index < -0.39 is 35.5 Å². The summed E-state index contributed by atoms with van der Waals surface area (Å²) in [7, 11) is 0. The summed E-state index contributed by atoms with van der Waals surface area (Å²) in [6, 6.07) is 8.90. The normalized spacial score (nSPS) is 17.5. The van der Waals surface area contributed by atoms with Crippen LogP contribution in [0.2, 0.25) is 0 Å². The van der Waals surface area contributed by atoms with Gasteiger partial charge in [0.05, 0.1) is 13.2 Å². The van der Waals surface area contributed by atoms with Crippen molar-refractivity contribution >= 4 is 18.0 Å². The lowest BCUT2D eigenvalue weighted by atomic mass is 9.79. The van der Waals surface area contributed by atoms with Crippen molar-refractivity contribution in [3.8, 4) is 0 Å². The van der Waals surface area contributed by atoms with E-state index in [0.29, 0.717) is 13.0 Å². The quantitative estimate of drug-likeness (QED) is 0.379. The van der Waals surface area contributed by atoms with Crippen molar-refractivity contribution in [2.24, 2.45) is 5.92 Å². The second kappa shape index (κ2) is 10.5. The molecule has 1 saturated heterocycles. The van der Waals surface area contributed by atoms with E-state index in [1.165, 1.54) is 0 Å². The Kier molecular flexibility index (Phi) is 8.26. The Morgan fingerprint density at radius 2 is 1.60 bits per heavy atom. The van der Waals surface area contributed by atoms with Crippen LogP contribution in [-0.2, 0) is 23.8 Å². The number of esters is 2. The van der Waals surface area contributed by atoms with E-state index >= 15 is 0 Å². The zero-order valence-electron chi connectivity index (χ0n) is 18.6. The molecule has 1 fully saturated rings. The van der Waals surface area contributed by atoms with Gasteiger partial charge in [0.1, 0.15) is 5.60 Å². The van der Waals surface area contributed by atoms with Gasteiger partial charge in [-0.15, -0.1) is 0 Å². The minimum Gasteiger partial charge on any atom is -0.465 e. The van der Waals surface area contributed by atoms with Crippen molar-refractivity contribution in [2.75, 3.05) is 19.8 Å². The Labute approximate surface area is 178 Å². The first-order valence-electron chi connectivity index (χ1n) is 10.6. The molecule has 1 aromatic carbocycles. The van der Waals surface area contributed by atoms with E-state index in [1.54, 1.807) is 18.7 Å². The van der Waals surface area contributed by atoms with Crippen LogP contribution >= 0.6 is 0 Å². The Morgan fingerprint density at radius 3 is 2.10 bits per heavy atom. The number of carbonyl (C=O) groups is 3. The molecule has 2 atom stereocenters. The van der Waals surface area contributed by atoms with Crippen molar-refractivity contribution in [2.45, 2.75) is 65.0 Å². The molecule has 2 rings (SSSR count). The molecule has 7 heteroatoms. The van der Waals surface area contributed by atoms with Crippen molar-refractivity contribution in [1.82, 2.24) is 4.90 Å². The van der Waals surface area contributed by atoms with E-state index in [4.69, 9.17) is 14.2 Å². The fraction of sp³-hybridized carbons (Fsp3) is 0.609. The number of ether oxygens (including phenoxy) is 3. The molecule has 7 nitrogen and oxygen atoms in total. The fourth-order valence-corrected chi connectivity index (χ4v) is 3.88. The van der Waals surface area contributed by atoms with Crippen LogP contribution in [-0.4, -0.2) is 54.3 Å². The molecule has 2 unspecified atom stereocenters. The summed E-state index contributed by atoms with van der Waals surface area (Å²) in [6.07, 6.45) is 0.956. The van der Waals surface area contributed by atoms with Crippen LogP contribution in [0.25, 0.3) is 0 Å². The van der Waals surface area contributed by atoms with Crippen molar-refractivity contribution in [3.63, 3.8) is 0 Å². The highest BCUT2D eigenvalue weighted by atomic mass is 16.6. The van der Waals surface area contributed by atoms with Gasteiger partial charge in [0, 0.05) is 18.5 Å². The number of benzene rings is 1. The van der Waals surface area contributed by atoms with Gasteiger partial charge in [-0.2, -0.15) is 0 Å². The first kappa shape index (κ1) is 23.7. The fourth-order valence-electron chi connectivity index (χ4n) is 3.88. The summed E-state index contributed by atoms with van der Waals surface area (Å²) in [5, 5.41) is 0. The summed E-state index contributed by atoms with van der Waals surface area (Å²) in [6.45, 7) is 9.62. The number of likely N-dealkylation sites (tertiary alicyclic amines) is 1. The highest BCUT2D eigenvalue weighted by Gasteiger charge is 2.47. The number of amides is 1. The van der Waals surface area contributed by atoms with Gasteiger partial charge < -0.3 is 19.1 Å². The number of hydrogen-bond donors (Lipinski definition) is 0. The lowest BCUT2D eigenvalue weighted by molar-refractivity contribution is -0.163. The zero-order valence-corrected chi connectivity index (χ0v) is 18.6. The van der Waals surface area contributed by atoms with Gasteiger partial charge in [0.25, 0.3) is 0 Å². The smallest absolute Gasteiger partial charge is 0.410 e. The summed E-state index contributed by atoms with van der Waals surface area (Å²) >= 11 is 0. The maximum absolute atomic E-state index is 12.9. The summed E-state index contributed by atoms with van der Waals surface area (Å²) in [4.78, 5) is 40.3. The number of rotatable bonds is 7. The van der Waals surface area contributed by atoms with Crippen LogP contribution in [0.3, 0.4) is 0 Å². The molecular weight excluding hydrogens is 386 g/mol. The number of carbonyl (C=O) groups excluding carboxylic acids is 3. The molecular formula is C23H33NO6. The standard InChI is InChI=1S/C23H33NO6/c1-6-28-20(25)19(21(26)29-7-2)18(16-12-9-8-10-13-16)17-14-11-15-24(17)22(27)30-23(3,4)5/h8-10,12-13,17-19H,6-7,11,14-15H2,1-5H3. The van der Waals surface area contributed by atoms with Crippen LogP contribution in [0.15, 0.2) is 30.3 Å². The number of nitrogens with zero attached hydrogens (tertiary/aromatic N) is 1. The molecule has 1 aromatic rings. The zero-order chi connectivity index (χ0) is 22.3. The van der Waals surface area contributed by atoms with Crippen LogP contribution < -0.4 is 0 Å². The topological polar surface area (TPSA) is 82.1 Å². The molecule has 1 aliphatic heterocycles. The average Bonchev–Trinajstić information content (AvgIpc) is 3.15. The van der Waals surface area contributed by atoms with Gasteiger partial charge >= 0.3 is 18.0 Å². The highest BCUT2D eigenvalue weighted by Crippen LogP contribution is 2.38. The van der Waals surface area contributed by atoms with E-state index in [2.05, 4.69) is 0 Å². The van der Waals surface area contributed by atoms with Crippen LogP contribution in [0, 0.1) is 5.92 Å². The van der Waals surface area contributed by atoms with Gasteiger partial charge in [0.15, 0.2) is 5.92 Å². The lowest BCUT2D eigenvalue weighted by Crippen LogP contribution is -2.47. The predicted molar refractivity (Wildman–Crippen MR) is 112 cm³/mol. The van der Waals surface area contributed by atoms with Gasteiger partial charge in [-0.3, -0.25) is 9.59 Å². The molecule has 1 amide bonds. The molecule has 0 spiro atoms. The molecule has 0 aliphatic carbocycles. The first-order chi connectivity index (χ1) is 14.2. The average molecular weight is 420 g/mol. The van der Waals surface area contributed by atoms with Crippen LogP contribution in [0.5, 0.6) is 0 Å². The third-order valence-corrected chi connectivity index (χ3v) is 4.97. The summed E-state index contributed by atoms with van der Waals surface area (Å²) < 4.78 is 16.1. The molecule has 0 N–H and O–H groups in total. The van der Waals surface area contributed by atoms with Gasteiger partial charge in [0.2, 0.25) is 0 Å². The number of hydrogen-bond acceptors (Lipinski definition) is 6. The largest absolute Gasteiger partial charge is 0.465 e. The third kappa shape index (κ3) is 5.97. The van der Waals surface area contributed by atoms with E-state index in [1.807, 2.05) is 51.1 Å². The molecule has 0 bridgehead atoms. The minimum absolute atomic E-state index is 0.149. The Bertz CT molecular complexity index is 709. The van der Waals surface area contributed by atoms with Crippen molar-refractivity contribution in [1.29, 1.82) is 0 Å². The molecule has 1 heterocycles. The first-order valence-corrected chi connectivity index (χ1v) is 10.6. The maximum Gasteiger partial charge on any atom is 0.410 e. The molecule has 166 valence electrons. The Morgan fingerprint density at radius 1 is 1.03 bits per heavy atom. The van der Waals surface area contributed by atoms with Crippen molar-refractivity contribution in [3.05, 3.63) is 35.9 Å². The predicted octanol–water partition coefficient (Wildman–Crippen LogP) is 3.91. The highest BCUT2D eigenvalue weighted by molar-refractivity contribution is 5.96. The van der Waals surface area contributed by atoms with Crippen LogP contribution in [0.4, 0.5) is 4.79 Å². The van der Waals surface area contributed by atoms with Gasteiger partial charge in [-0.25, -0.2) is 4.79 Å².